The topological polar surface area (TPSA) is 76.1 Å². The Morgan fingerprint density at radius 1 is 1.41 bits per heavy atom. The molecule has 0 aromatic carbocycles. The Bertz CT molecular complexity index is 349. The van der Waals surface area contributed by atoms with Gasteiger partial charge in [-0.15, -0.1) is 0 Å². The van der Waals surface area contributed by atoms with Crippen molar-refractivity contribution in [2.45, 2.75) is 52.7 Å². The highest BCUT2D eigenvalue weighted by atomic mass is 16.3. The number of aromatic nitrogens is 2. The molecule has 0 saturated heterocycles. The lowest BCUT2D eigenvalue weighted by Crippen LogP contribution is -2.21. The molecule has 0 aliphatic carbocycles. The fraction of sp³-hybridized carbons (Fsp3) is 0.750. The zero-order valence-corrected chi connectivity index (χ0v) is 11.0. The van der Waals surface area contributed by atoms with Gasteiger partial charge in [-0.1, -0.05) is 20.3 Å². The van der Waals surface area contributed by atoms with Gasteiger partial charge >= 0.3 is 0 Å². The van der Waals surface area contributed by atoms with Gasteiger partial charge in [-0.3, -0.25) is 0 Å². The maximum Gasteiger partial charge on any atom is 0.148 e. The summed E-state index contributed by atoms with van der Waals surface area (Å²) in [6, 6.07) is 0. The Balaban J connectivity index is 2.68. The van der Waals surface area contributed by atoms with Gasteiger partial charge in [-0.2, -0.15) is 5.10 Å². The maximum atomic E-state index is 9.70. The molecule has 0 bridgehead atoms. The maximum absolute atomic E-state index is 9.70. The average molecular weight is 240 g/mol. The van der Waals surface area contributed by atoms with E-state index in [0.717, 1.165) is 37.3 Å². The van der Waals surface area contributed by atoms with Gasteiger partial charge in [0.15, 0.2) is 0 Å². The molecule has 0 radical (unpaired) electrons. The number of nitrogens with two attached hydrogens (primary N) is 1. The second-order valence-corrected chi connectivity index (χ2v) is 4.39. The molecule has 1 aromatic heterocycles. The van der Waals surface area contributed by atoms with E-state index < -0.39 is 0 Å². The van der Waals surface area contributed by atoms with Crippen molar-refractivity contribution in [2.24, 2.45) is 0 Å². The van der Waals surface area contributed by atoms with E-state index >= 15 is 0 Å². The minimum Gasteiger partial charge on any atom is -0.394 e. The quantitative estimate of drug-likeness (QED) is 0.678. The molecule has 0 amide bonds. The van der Waals surface area contributed by atoms with Crippen molar-refractivity contribution >= 4 is 11.5 Å². The first kappa shape index (κ1) is 13.8. The highest BCUT2D eigenvalue weighted by Crippen LogP contribution is 2.22. The third kappa shape index (κ3) is 3.63. The van der Waals surface area contributed by atoms with E-state index in [0.29, 0.717) is 12.2 Å². The Kier molecular flexibility index (Phi) is 5.28. The second kappa shape index (κ2) is 6.49. The first-order valence-electron chi connectivity index (χ1n) is 6.34. The first-order chi connectivity index (χ1) is 8.10. The van der Waals surface area contributed by atoms with Crippen LogP contribution in [-0.2, 0) is 6.54 Å². The summed E-state index contributed by atoms with van der Waals surface area (Å²) in [5, 5.41) is 17.3. The first-order valence-corrected chi connectivity index (χ1v) is 6.34. The highest BCUT2D eigenvalue weighted by molar-refractivity contribution is 5.64. The van der Waals surface area contributed by atoms with Crippen LogP contribution in [-0.4, -0.2) is 27.5 Å². The molecule has 5 nitrogen and oxygen atoms in total. The monoisotopic (exact) mass is 240 g/mol. The zero-order chi connectivity index (χ0) is 12.8. The number of aryl methyl sites for hydroxylation is 2. The lowest BCUT2D eigenvalue weighted by molar-refractivity contribution is 0.176. The van der Waals surface area contributed by atoms with Crippen LogP contribution >= 0.6 is 0 Å². The van der Waals surface area contributed by atoms with Crippen LogP contribution in [0.1, 0.15) is 38.8 Å². The van der Waals surface area contributed by atoms with Crippen LogP contribution in [0.4, 0.5) is 11.5 Å². The standard InChI is InChI=1S/C12H24N4O/c1-4-6-10(17)8-14-12-11(13)9(3)15-16(12)7-5-2/h10,14,17H,4-8,13H2,1-3H3. The third-order valence-corrected chi connectivity index (χ3v) is 2.74. The van der Waals surface area contributed by atoms with Crippen LogP contribution in [0.15, 0.2) is 0 Å². The SMILES string of the molecule is CCCC(O)CNc1c(N)c(C)nn1CCC. The molecule has 98 valence electrons. The summed E-state index contributed by atoms with van der Waals surface area (Å²) in [5.41, 5.74) is 7.49. The molecule has 17 heavy (non-hydrogen) atoms. The second-order valence-electron chi connectivity index (χ2n) is 4.39. The van der Waals surface area contributed by atoms with Gasteiger partial charge in [0.1, 0.15) is 5.82 Å². The van der Waals surface area contributed by atoms with Crippen LogP contribution < -0.4 is 11.1 Å². The summed E-state index contributed by atoms with van der Waals surface area (Å²) < 4.78 is 1.88. The lowest BCUT2D eigenvalue weighted by Gasteiger charge is -2.13. The molecular formula is C12H24N4O. The predicted octanol–water partition coefficient (Wildman–Crippen LogP) is 1.76. The van der Waals surface area contributed by atoms with E-state index in [1.165, 1.54) is 0 Å². The van der Waals surface area contributed by atoms with E-state index in [1.54, 1.807) is 0 Å². The van der Waals surface area contributed by atoms with Crippen molar-refractivity contribution in [3.63, 3.8) is 0 Å². The van der Waals surface area contributed by atoms with Crippen molar-refractivity contribution in [1.29, 1.82) is 0 Å². The van der Waals surface area contributed by atoms with Crippen molar-refractivity contribution in [3.05, 3.63) is 5.69 Å². The highest BCUT2D eigenvalue weighted by Gasteiger charge is 2.12. The number of nitrogens with one attached hydrogen (secondary N) is 1. The van der Waals surface area contributed by atoms with Crippen LogP contribution in [0.25, 0.3) is 0 Å². The summed E-state index contributed by atoms with van der Waals surface area (Å²) in [6.07, 6.45) is 2.45. The number of nitrogen functional groups attached to an aromatic ring is 1. The van der Waals surface area contributed by atoms with E-state index in [1.807, 2.05) is 11.6 Å². The lowest BCUT2D eigenvalue weighted by atomic mass is 10.2. The zero-order valence-electron chi connectivity index (χ0n) is 11.0. The van der Waals surface area contributed by atoms with Crippen molar-refractivity contribution in [1.82, 2.24) is 9.78 Å². The number of hydrogen-bond donors (Lipinski definition) is 3. The van der Waals surface area contributed by atoms with Gasteiger partial charge < -0.3 is 16.2 Å². The van der Waals surface area contributed by atoms with Crippen molar-refractivity contribution < 1.29 is 5.11 Å². The Morgan fingerprint density at radius 2 is 2.12 bits per heavy atom. The summed E-state index contributed by atoms with van der Waals surface area (Å²) in [4.78, 5) is 0. The van der Waals surface area contributed by atoms with E-state index in [4.69, 9.17) is 5.73 Å². The number of nitrogens with zero attached hydrogens (tertiary/aromatic N) is 2. The molecule has 4 N–H and O–H groups in total. The Labute approximate surface area is 103 Å². The fourth-order valence-corrected chi connectivity index (χ4v) is 1.81. The average Bonchev–Trinajstić information content (AvgIpc) is 2.54. The fourth-order valence-electron chi connectivity index (χ4n) is 1.81. The minimum absolute atomic E-state index is 0.329. The third-order valence-electron chi connectivity index (χ3n) is 2.74. The van der Waals surface area contributed by atoms with Gasteiger partial charge in [0.25, 0.3) is 0 Å². The molecule has 0 spiro atoms. The van der Waals surface area contributed by atoms with Crippen molar-refractivity contribution in [2.75, 3.05) is 17.6 Å². The van der Waals surface area contributed by atoms with Gasteiger partial charge in [-0.05, 0) is 19.8 Å². The molecule has 1 unspecified atom stereocenters. The molecule has 0 aliphatic rings. The van der Waals surface area contributed by atoms with Crippen molar-refractivity contribution in [3.8, 4) is 0 Å². The van der Waals surface area contributed by atoms with Gasteiger partial charge in [0, 0.05) is 13.1 Å². The summed E-state index contributed by atoms with van der Waals surface area (Å²) in [5.74, 6) is 0.833. The molecule has 1 rings (SSSR count). The normalized spacial score (nSPS) is 12.7. The molecule has 1 atom stereocenters. The van der Waals surface area contributed by atoms with Gasteiger partial charge in [-0.25, -0.2) is 4.68 Å². The Morgan fingerprint density at radius 3 is 2.71 bits per heavy atom. The molecule has 5 heteroatoms. The molecule has 1 heterocycles. The molecular weight excluding hydrogens is 216 g/mol. The number of anilines is 2. The molecule has 0 aliphatic heterocycles. The summed E-state index contributed by atoms with van der Waals surface area (Å²) in [6.45, 7) is 7.41. The van der Waals surface area contributed by atoms with Crippen LogP contribution in [0.2, 0.25) is 0 Å². The Hall–Kier alpha value is -1.23. The smallest absolute Gasteiger partial charge is 0.148 e. The minimum atomic E-state index is -0.329. The van der Waals surface area contributed by atoms with E-state index in [2.05, 4.69) is 24.3 Å². The largest absolute Gasteiger partial charge is 0.394 e. The number of hydrogen-bond acceptors (Lipinski definition) is 4. The van der Waals surface area contributed by atoms with E-state index in [9.17, 15) is 5.11 Å². The van der Waals surface area contributed by atoms with Gasteiger partial charge in [0.2, 0.25) is 0 Å². The van der Waals surface area contributed by atoms with Gasteiger partial charge in [0.05, 0.1) is 17.5 Å². The number of aliphatic hydroxyl groups excluding tert-OH is 1. The van der Waals surface area contributed by atoms with E-state index in [-0.39, 0.29) is 6.10 Å². The summed E-state index contributed by atoms with van der Waals surface area (Å²) >= 11 is 0. The molecule has 0 saturated carbocycles. The number of aliphatic hydroxyl groups is 1. The molecule has 1 aromatic rings. The number of rotatable bonds is 7. The van der Waals surface area contributed by atoms with Crippen LogP contribution in [0.3, 0.4) is 0 Å². The summed E-state index contributed by atoms with van der Waals surface area (Å²) in [7, 11) is 0. The van der Waals surface area contributed by atoms with Crippen LogP contribution in [0.5, 0.6) is 0 Å². The van der Waals surface area contributed by atoms with Crippen LogP contribution in [0, 0.1) is 6.92 Å². The predicted molar refractivity (Wildman–Crippen MR) is 71.1 cm³/mol. The molecule has 0 fully saturated rings.